The lowest BCUT2D eigenvalue weighted by molar-refractivity contribution is 0.282. The van der Waals surface area contributed by atoms with Gasteiger partial charge in [0.1, 0.15) is 11.6 Å². The minimum atomic E-state index is -0.284. The molecule has 5 heteroatoms. The average Bonchev–Trinajstić information content (AvgIpc) is 2.39. The second kappa shape index (κ2) is 6.73. The van der Waals surface area contributed by atoms with Crippen molar-refractivity contribution in [1.29, 1.82) is 0 Å². The van der Waals surface area contributed by atoms with Crippen LogP contribution in [0.4, 0.5) is 10.2 Å². The van der Waals surface area contributed by atoms with E-state index >= 15 is 0 Å². The van der Waals surface area contributed by atoms with Crippen molar-refractivity contribution < 1.29 is 9.50 Å². The summed E-state index contributed by atoms with van der Waals surface area (Å²) < 4.78 is 13.2. The summed E-state index contributed by atoms with van der Waals surface area (Å²) in [7, 11) is 0. The Morgan fingerprint density at radius 1 is 1.37 bits per heavy atom. The zero-order chi connectivity index (χ0) is 13.7. The first-order valence-corrected chi connectivity index (χ1v) is 7.55. The van der Waals surface area contributed by atoms with Gasteiger partial charge in [0.05, 0.1) is 5.52 Å². The highest BCUT2D eigenvalue weighted by Gasteiger charge is 2.08. The molecule has 1 heterocycles. The Kier molecular flexibility index (Phi) is 4.99. The van der Waals surface area contributed by atoms with Crippen molar-refractivity contribution in [2.75, 3.05) is 23.9 Å². The lowest BCUT2D eigenvalue weighted by Gasteiger charge is -2.17. The molecule has 0 radical (unpaired) electrons. The molecule has 0 bridgehead atoms. The number of pyridine rings is 1. The number of hydrogen-bond acceptors (Lipinski definition) is 4. The van der Waals surface area contributed by atoms with Crippen molar-refractivity contribution in [3.05, 3.63) is 36.1 Å². The molecule has 0 spiro atoms. The molecule has 0 fully saturated rings. The third kappa shape index (κ3) is 3.81. The molecule has 0 saturated heterocycles. The van der Waals surface area contributed by atoms with Crippen LogP contribution in [-0.2, 0) is 0 Å². The van der Waals surface area contributed by atoms with Crippen LogP contribution in [0.15, 0.2) is 30.3 Å². The molecule has 102 valence electrons. The molecular weight excluding hydrogens is 263 g/mol. The molecular formula is C14H17FN2OS. The molecule has 0 saturated carbocycles. The van der Waals surface area contributed by atoms with Gasteiger partial charge in [0.2, 0.25) is 0 Å². The molecule has 2 rings (SSSR count). The van der Waals surface area contributed by atoms with Crippen LogP contribution in [0.1, 0.15) is 6.42 Å². The third-order valence-corrected chi connectivity index (χ3v) is 3.59. The highest BCUT2D eigenvalue weighted by atomic mass is 32.2. The number of hydrogen-bond donors (Lipinski definition) is 2. The van der Waals surface area contributed by atoms with E-state index in [9.17, 15) is 4.39 Å². The lowest BCUT2D eigenvalue weighted by Crippen LogP contribution is -2.24. The first kappa shape index (κ1) is 14.1. The number of aliphatic hydroxyl groups is 1. The molecule has 2 N–H and O–H groups in total. The van der Waals surface area contributed by atoms with Crippen LogP contribution in [0.25, 0.3) is 10.9 Å². The third-order valence-electron chi connectivity index (χ3n) is 2.85. The van der Waals surface area contributed by atoms with Gasteiger partial charge < -0.3 is 10.4 Å². The van der Waals surface area contributed by atoms with Crippen molar-refractivity contribution in [2.24, 2.45) is 0 Å². The van der Waals surface area contributed by atoms with Gasteiger partial charge in [0, 0.05) is 29.9 Å². The normalized spacial score (nSPS) is 12.6. The van der Waals surface area contributed by atoms with Gasteiger partial charge >= 0.3 is 0 Å². The minimum absolute atomic E-state index is 0.139. The standard InChI is InChI=1S/C14H17FN2OS/c1-19-9-12(6-7-18)16-14-5-3-10-2-4-11(15)8-13(10)17-14/h2-5,8,12,18H,6-7,9H2,1H3,(H,16,17)/t12-/m1/s1. The maximum Gasteiger partial charge on any atom is 0.126 e. The first-order chi connectivity index (χ1) is 9.22. The molecule has 19 heavy (non-hydrogen) atoms. The number of rotatable bonds is 6. The van der Waals surface area contributed by atoms with E-state index in [2.05, 4.69) is 10.3 Å². The Labute approximate surface area is 116 Å². The Hall–Kier alpha value is -1.33. The summed E-state index contributed by atoms with van der Waals surface area (Å²) >= 11 is 1.71. The quantitative estimate of drug-likeness (QED) is 0.854. The Balaban J connectivity index is 2.19. The summed E-state index contributed by atoms with van der Waals surface area (Å²) in [6.07, 6.45) is 2.69. The van der Waals surface area contributed by atoms with E-state index in [1.165, 1.54) is 12.1 Å². The van der Waals surface area contributed by atoms with Gasteiger partial charge in [-0.1, -0.05) is 0 Å². The lowest BCUT2D eigenvalue weighted by atomic mass is 10.2. The van der Waals surface area contributed by atoms with Gasteiger partial charge in [0.15, 0.2) is 0 Å². The number of nitrogens with one attached hydrogen (secondary N) is 1. The zero-order valence-electron chi connectivity index (χ0n) is 10.8. The number of anilines is 1. The fraction of sp³-hybridized carbons (Fsp3) is 0.357. The Morgan fingerprint density at radius 3 is 2.89 bits per heavy atom. The Morgan fingerprint density at radius 2 is 2.16 bits per heavy atom. The number of benzene rings is 1. The SMILES string of the molecule is CSC[C@@H](CCO)Nc1ccc2ccc(F)cc2n1. The smallest absolute Gasteiger partial charge is 0.126 e. The average molecular weight is 280 g/mol. The van der Waals surface area contributed by atoms with E-state index < -0.39 is 0 Å². The maximum absolute atomic E-state index is 13.2. The number of fused-ring (bicyclic) bond motifs is 1. The summed E-state index contributed by atoms with van der Waals surface area (Å²) in [4.78, 5) is 4.40. The molecule has 1 aromatic carbocycles. The number of halogens is 1. The van der Waals surface area contributed by atoms with Crippen LogP contribution in [0.2, 0.25) is 0 Å². The van der Waals surface area contributed by atoms with E-state index in [0.717, 1.165) is 11.1 Å². The summed E-state index contributed by atoms with van der Waals surface area (Å²) in [6, 6.07) is 8.53. The summed E-state index contributed by atoms with van der Waals surface area (Å²) in [5, 5.41) is 13.2. The minimum Gasteiger partial charge on any atom is -0.396 e. The summed E-state index contributed by atoms with van der Waals surface area (Å²) in [5.74, 6) is 1.32. The van der Waals surface area contributed by atoms with Gasteiger partial charge in [-0.15, -0.1) is 0 Å². The van der Waals surface area contributed by atoms with Gasteiger partial charge in [-0.25, -0.2) is 9.37 Å². The van der Waals surface area contributed by atoms with Crippen LogP contribution in [0.3, 0.4) is 0 Å². The van der Waals surface area contributed by atoms with Crippen LogP contribution in [0.5, 0.6) is 0 Å². The van der Waals surface area contributed by atoms with Crippen molar-refractivity contribution in [1.82, 2.24) is 4.98 Å². The number of aliphatic hydroxyl groups excluding tert-OH is 1. The van der Waals surface area contributed by atoms with Gasteiger partial charge in [-0.2, -0.15) is 11.8 Å². The number of nitrogens with zero attached hydrogens (tertiary/aromatic N) is 1. The predicted octanol–water partition coefficient (Wildman–Crippen LogP) is 2.90. The van der Waals surface area contributed by atoms with Crippen LogP contribution in [0, 0.1) is 5.82 Å². The zero-order valence-corrected chi connectivity index (χ0v) is 11.6. The molecule has 2 aromatic rings. The highest BCUT2D eigenvalue weighted by molar-refractivity contribution is 7.98. The topological polar surface area (TPSA) is 45.1 Å². The number of thioether (sulfide) groups is 1. The van der Waals surface area contributed by atoms with E-state index in [1.54, 1.807) is 17.8 Å². The first-order valence-electron chi connectivity index (χ1n) is 6.15. The molecule has 0 unspecified atom stereocenters. The molecule has 0 aliphatic rings. The Bertz CT molecular complexity index is 544. The van der Waals surface area contributed by atoms with Gasteiger partial charge in [-0.05, 0) is 36.9 Å². The van der Waals surface area contributed by atoms with Gasteiger partial charge in [0.25, 0.3) is 0 Å². The molecule has 3 nitrogen and oxygen atoms in total. The molecule has 1 atom stereocenters. The molecule has 1 aromatic heterocycles. The highest BCUT2D eigenvalue weighted by Crippen LogP contribution is 2.17. The van der Waals surface area contributed by atoms with E-state index in [-0.39, 0.29) is 18.5 Å². The fourth-order valence-electron chi connectivity index (χ4n) is 1.93. The van der Waals surface area contributed by atoms with Crippen molar-refractivity contribution >= 4 is 28.5 Å². The second-order valence-corrected chi connectivity index (χ2v) is 5.25. The fourth-order valence-corrected chi connectivity index (χ4v) is 2.59. The molecule has 0 aliphatic carbocycles. The molecule has 0 amide bonds. The van der Waals surface area contributed by atoms with Crippen molar-refractivity contribution in [3.63, 3.8) is 0 Å². The summed E-state index contributed by atoms with van der Waals surface area (Å²) in [5.41, 5.74) is 0.636. The molecule has 0 aliphatic heterocycles. The monoisotopic (exact) mass is 280 g/mol. The van der Waals surface area contributed by atoms with Crippen molar-refractivity contribution in [3.8, 4) is 0 Å². The van der Waals surface area contributed by atoms with Crippen LogP contribution in [-0.4, -0.2) is 34.7 Å². The van der Waals surface area contributed by atoms with Crippen LogP contribution >= 0.6 is 11.8 Å². The summed E-state index contributed by atoms with van der Waals surface area (Å²) in [6.45, 7) is 0.139. The van der Waals surface area contributed by atoms with E-state index in [0.29, 0.717) is 17.8 Å². The second-order valence-electron chi connectivity index (χ2n) is 4.34. The van der Waals surface area contributed by atoms with Crippen molar-refractivity contribution in [2.45, 2.75) is 12.5 Å². The van der Waals surface area contributed by atoms with E-state index in [1.807, 2.05) is 18.4 Å². The van der Waals surface area contributed by atoms with E-state index in [4.69, 9.17) is 5.11 Å². The van der Waals surface area contributed by atoms with Crippen LogP contribution < -0.4 is 5.32 Å². The largest absolute Gasteiger partial charge is 0.396 e. The maximum atomic E-state index is 13.2. The predicted molar refractivity (Wildman–Crippen MR) is 79.2 cm³/mol. The van der Waals surface area contributed by atoms with Gasteiger partial charge in [-0.3, -0.25) is 0 Å². The number of aromatic nitrogens is 1.